The number of carbonyl (C=O) groups is 1. The molecule has 9 nitrogen and oxygen atoms in total. The molecule has 3 aromatic heterocycles. The quantitative estimate of drug-likeness (QED) is 0.670. The Bertz CT molecular complexity index is 949. The molecule has 1 aliphatic rings. The minimum atomic E-state index is -0.0747. The van der Waals surface area contributed by atoms with Crippen molar-refractivity contribution >= 4 is 5.91 Å². The summed E-state index contributed by atoms with van der Waals surface area (Å²) in [6, 6.07) is 0. The topological polar surface area (TPSA) is 94.9 Å². The number of aromatic nitrogens is 6. The van der Waals surface area contributed by atoms with Crippen LogP contribution in [-0.4, -0.2) is 53.2 Å². The van der Waals surface area contributed by atoms with Gasteiger partial charge in [-0.1, -0.05) is 0 Å². The van der Waals surface area contributed by atoms with Gasteiger partial charge in [0, 0.05) is 44.9 Å². The molecule has 0 aromatic carbocycles. The molecule has 0 radical (unpaired) electrons. The molecule has 0 unspecified atom stereocenters. The van der Waals surface area contributed by atoms with E-state index in [1.807, 2.05) is 22.6 Å². The van der Waals surface area contributed by atoms with E-state index >= 15 is 0 Å². The van der Waals surface area contributed by atoms with Crippen molar-refractivity contribution in [2.45, 2.75) is 52.6 Å². The third-order valence-electron chi connectivity index (χ3n) is 5.30. The molecule has 1 saturated heterocycles. The van der Waals surface area contributed by atoms with E-state index in [9.17, 15) is 4.79 Å². The highest BCUT2D eigenvalue weighted by atomic mass is 16.4. The van der Waals surface area contributed by atoms with Crippen LogP contribution < -0.4 is 0 Å². The maximum atomic E-state index is 12.7. The van der Waals surface area contributed by atoms with E-state index in [1.54, 1.807) is 19.4 Å². The fraction of sp³-hybridized carbons (Fsp3) is 0.526. The molecule has 0 bridgehead atoms. The number of hydrogen-bond donors (Lipinski definition) is 0. The largest absolute Gasteiger partial charge is 0.436 e. The molecule has 4 heterocycles. The maximum absolute atomic E-state index is 12.7. The Morgan fingerprint density at radius 3 is 2.64 bits per heavy atom. The van der Waals surface area contributed by atoms with Gasteiger partial charge in [0.15, 0.2) is 11.7 Å². The van der Waals surface area contributed by atoms with Crippen molar-refractivity contribution in [1.29, 1.82) is 0 Å². The first-order valence-electron chi connectivity index (χ1n) is 9.67. The van der Waals surface area contributed by atoms with Gasteiger partial charge in [0.05, 0.1) is 18.6 Å². The van der Waals surface area contributed by atoms with Crippen molar-refractivity contribution in [3.8, 4) is 0 Å². The lowest BCUT2D eigenvalue weighted by Gasteiger charge is -2.31. The van der Waals surface area contributed by atoms with E-state index in [1.165, 1.54) is 0 Å². The Morgan fingerprint density at radius 2 is 2.04 bits per heavy atom. The smallest absolute Gasteiger partial charge is 0.291 e. The Kier molecular flexibility index (Phi) is 4.97. The van der Waals surface area contributed by atoms with E-state index in [4.69, 9.17) is 4.42 Å². The third-order valence-corrected chi connectivity index (χ3v) is 5.30. The highest BCUT2D eigenvalue weighted by Gasteiger charge is 2.30. The van der Waals surface area contributed by atoms with Crippen LogP contribution in [0.3, 0.4) is 0 Å². The van der Waals surface area contributed by atoms with Crippen molar-refractivity contribution in [3.05, 3.63) is 47.7 Å². The molecule has 3 aromatic rings. The van der Waals surface area contributed by atoms with Crippen LogP contribution in [0.15, 0.2) is 23.1 Å². The summed E-state index contributed by atoms with van der Waals surface area (Å²) in [5.41, 5.74) is 0.652. The Labute approximate surface area is 163 Å². The summed E-state index contributed by atoms with van der Waals surface area (Å²) in [5.74, 6) is 3.05. The van der Waals surface area contributed by atoms with Gasteiger partial charge in [0.25, 0.3) is 5.91 Å². The van der Waals surface area contributed by atoms with Crippen molar-refractivity contribution in [1.82, 2.24) is 34.2 Å². The molecule has 9 heteroatoms. The predicted octanol–water partition coefficient (Wildman–Crippen LogP) is 2.17. The molecule has 28 heavy (non-hydrogen) atoms. The second kappa shape index (κ2) is 7.57. The van der Waals surface area contributed by atoms with E-state index in [-0.39, 0.29) is 5.91 Å². The number of nitrogens with zero attached hydrogens (tertiary/aromatic N) is 7. The average Bonchev–Trinajstić information content (AvgIpc) is 3.42. The highest BCUT2D eigenvalue weighted by molar-refractivity contribution is 5.92. The van der Waals surface area contributed by atoms with E-state index in [0.29, 0.717) is 42.9 Å². The molecule has 4 rings (SSSR count). The molecule has 0 atom stereocenters. The minimum Gasteiger partial charge on any atom is -0.436 e. The van der Waals surface area contributed by atoms with Crippen LogP contribution in [-0.2, 0) is 13.1 Å². The Hall–Kier alpha value is -2.97. The predicted molar refractivity (Wildman–Crippen MR) is 101 cm³/mol. The summed E-state index contributed by atoms with van der Waals surface area (Å²) >= 11 is 0. The molecule has 148 valence electrons. The summed E-state index contributed by atoms with van der Waals surface area (Å²) in [4.78, 5) is 22.9. The average molecular weight is 383 g/mol. The fourth-order valence-corrected chi connectivity index (χ4v) is 3.87. The van der Waals surface area contributed by atoms with Crippen LogP contribution >= 0.6 is 0 Å². The molecule has 0 spiro atoms. The minimum absolute atomic E-state index is 0.0747. The molecular formula is C19H25N7O2. The van der Waals surface area contributed by atoms with Crippen molar-refractivity contribution in [3.63, 3.8) is 0 Å². The standard InChI is InChI=1S/C19H25N7O2/c1-4-26-16(11-24-10-7-20-12-24)22-23-18(26)15-5-8-25(9-6-15)19(27)17-13(2)21-14(3)28-17/h7,10,12,15H,4-6,8-9,11H2,1-3H3. The van der Waals surface area contributed by atoms with Gasteiger partial charge in [-0.25, -0.2) is 9.97 Å². The number of oxazole rings is 1. The van der Waals surface area contributed by atoms with E-state index < -0.39 is 0 Å². The monoisotopic (exact) mass is 383 g/mol. The molecule has 0 aliphatic carbocycles. The van der Waals surface area contributed by atoms with Crippen molar-refractivity contribution in [2.75, 3.05) is 13.1 Å². The van der Waals surface area contributed by atoms with Crippen LogP contribution in [0.4, 0.5) is 0 Å². The van der Waals surface area contributed by atoms with Gasteiger partial charge < -0.3 is 18.5 Å². The summed E-state index contributed by atoms with van der Waals surface area (Å²) < 4.78 is 9.67. The lowest BCUT2D eigenvalue weighted by Crippen LogP contribution is -2.38. The first-order chi connectivity index (χ1) is 13.6. The fourth-order valence-electron chi connectivity index (χ4n) is 3.87. The van der Waals surface area contributed by atoms with E-state index in [0.717, 1.165) is 31.0 Å². The number of carbonyl (C=O) groups excluding carboxylic acids is 1. The zero-order valence-corrected chi connectivity index (χ0v) is 16.5. The van der Waals surface area contributed by atoms with Gasteiger partial charge in [0.2, 0.25) is 5.76 Å². The van der Waals surface area contributed by atoms with Gasteiger partial charge >= 0.3 is 0 Å². The zero-order chi connectivity index (χ0) is 19.7. The van der Waals surface area contributed by atoms with Gasteiger partial charge in [-0.3, -0.25) is 4.79 Å². The summed E-state index contributed by atoms with van der Waals surface area (Å²) in [7, 11) is 0. The lowest BCUT2D eigenvalue weighted by molar-refractivity contribution is 0.0675. The lowest BCUT2D eigenvalue weighted by atomic mass is 9.95. The number of hydrogen-bond acceptors (Lipinski definition) is 6. The van der Waals surface area contributed by atoms with Crippen molar-refractivity contribution < 1.29 is 9.21 Å². The normalized spacial score (nSPS) is 15.3. The van der Waals surface area contributed by atoms with Gasteiger partial charge in [-0.2, -0.15) is 0 Å². The van der Waals surface area contributed by atoms with E-state index in [2.05, 4.69) is 31.7 Å². The second-order valence-electron chi connectivity index (χ2n) is 7.17. The highest BCUT2D eigenvalue weighted by Crippen LogP contribution is 2.28. The molecule has 0 saturated carbocycles. The van der Waals surface area contributed by atoms with Gasteiger partial charge in [-0.05, 0) is 26.7 Å². The molecule has 0 N–H and O–H groups in total. The molecule has 1 aliphatic heterocycles. The van der Waals surface area contributed by atoms with Crippen LogP contribution in [0, 0.1) is 13.8 Å². The zero-order valence-electron chi connectivity index (χ0n) is 16.5. The molecule has 1 fully saturated rings. The Morgan fingerprint density at radius 1 is 1.25 bits per heavy atom. The number of amides is 1. The van der Waals surface area contributed by atoms with Crippen LogP contribution in [0.5, 0.6) is 0 Å². The summed E-state index contributed by atoms with van der Waals surface area (Å²) in [6.07, 6.45) is 7.19. The number of likely N-dealkylation sites (tertiary alicyclic amines) is 1. The van der Waals surface area contributed by atoms with Crippen LogP contribution in [0.2, 0.25) is 0 Å². The number of imidazole rings is 1. The number of aryl methyl sites for hydroxylation is 2. The number of piperidine rings is 1. The summed E-state index contributed by atoms with van der Waals surface area (Å²) in [5, 5.41) is 8.90. The maximum Gasteiger partial charge on any atom is 0.291 e. The SMILES string of the molecule is CCn1c(Cn2ccnc2)nnc1C1CCN(C(=O)c2oc(C)nc2C)CC1. The molecular weight excluding hydrogens is 358 g/mol. The first-order valence-corrected chi connectivity index (χ1v) is 9.67. The first kappa shape index (κ1) is 18.4. The Balaban J connectivity index is 1.44. The summed E-state index contributed by atoms with van der Waals surface area (Å²) in [6.45, 7) is 8.51. The second-order valence-corrected chi connectivity index (χ2v) is 7.17. The van der Waals surface area contributed by atoms with Gasteiger partial charge in [0.1, 0.15) is 5.82 Å². The molecule has 1 amide bonds. The third kappa shape index (κ3) is 3.44. The van der Waals surface area contributed by atoms with Crippen LogP contribution in [0.25, 0.3) is 0 Å². The van der Waals surface area contributed by atoms with Crippen LogP contribution in [0.1, 0.15) is 59.5 Å². The van der Waals surface area contributed by atoms with Crippen molar-refractivity contribution in [2.24, 2.45) is 0 Å². The van der Waals surface area contributed by atoms with Gasteiger partial charge in [-0.15, -0.1) is 10.2 Å². The number of rotatable bonds is 5.